The molecule has 0 bridgehead atoms. The molecular formula is C24H23FN2O3S2. The van der Waals surface area contributed by atoms with E-state index < -0.39 is 22.4 Å². The Kier molecular flexibility index (Phi) is 6.53. The van der Waals surface area contributed by atoms with Gasteiger partial charge in [-0.2, -0.15) is 0 Å². The van der Waals surface area contributed by atoms with E-state index in [1.54, 1.807) is 17.0 Å². The van der Waals surface area contributed by atoms with Crippen LogP contribution in [0.1, 0.15) is 12.0 Å². The van der Waals surface area contributed by atoms with Gasteiger partial charge in [-0.3, -0.25) is 9.10 Å². The van der Waals surface area contributed by atoms with Crippen molar-refractivity contribution in [1.82, 2.24) is 0 Å². The molecule has 5 nitrogen and oxygen atoms in total. The molecule has 1 amide bonds. The first-order valence-electron chi connectivity index (χ1n) is 10.2. The number of benzene rings is 3. The number of para-hydroxylation sites is 1. The third-order valence-corrected chi connectivity index (χ3v) is 7.97. The number of aryl methyl sites for hydroxylation is 1. The van der Waals surface area contributed by atoms with Crippen molar-refractivity contribution in [3.8, 4) is 0 Å². The van der Waals surface area contributed by atoms with Gasteiger partial charge in [-0.25, -0.2) is 12.8 Å². The molecule has 3 aromatic carbocycles. The monoisotopic (exact) mass is 470 g/mol. The Morgan fingerprint density at radius 1 is 1.06 bits per heavy atom. The number of amides is 1. The van der Waals surface area contributed by atoms with Crippen LogP contribution in [0.5, 0.6) is 0 Å². The number of halogens is 1. The van der Waals surface area contributed by atoms with E-state index in [0.717, 1.165) is 39.4 Å². The quantitative estimate of drug-likeness (QED) is 0.489. The highest BCUT2D eigenvalue weighted by Gasteiger charge is 2.31. The average Bonchev–Trinajstić information content (AvgIpc) is 2.82. The zero-order valence-corrected chi connectivity index (χ0v) is 19.2. The lowest BCUT2D eigenvalue weighted by molar-refractivity contribution is -0.117. The van der Waals surface area contributed by atoms with Crippen LogP contribution < -0.4 is 9.21 Å². The number of anilines is 2. The van der Waals surface area contributed by atoms with Crippen LogP contribution in [0.3, 0.4) is 0 Å². The number of nitrogens with zero attached hydrogens (tertiary/aromatic N) is 2. The predicted molar refractivity (Wildman–Crippen MR) is 126 cm³/mol. The fraction of sp³-hybridized carbons (Fsp3) is 0.208. The first kappa shape index (κ1) is 22.4. The van der Waals surface area contributed by atoms with Crippen molar-refractivity contribution < 1.29 is 17.6 Å². The van der Waals surface area contributed by atoms with Crippen molar-refractivity contribution in [3.63, 3.8) is 0 Å². The van der Waals surface area contributed by atoms with Gasteiger partial charge in [-0.1, -0.05) is 24.3 Å². The van der Waals surface area contributed by atoms with Crippen molar-refractivity contribution >= 4 is 39.1 Å². The van der Waals surface area contributed by atoms with Crippen LogP contribution in [0.4, 0.5) is 15.8 Å². The first-order chi connectivity index (χ1) is 15.4. The highest BCUT2D eigenvalue weighted by molar-refractivity contribution is 7.98. The van der Waals surface area contributed by atoms with Gasteiger partial charge < -0.3 is 4.90 Å². The van der Waals surface area contributed by atoms with Crippen LogP contribution in [0.2, 0.25) is 0 Å². The van der Waals surface area contributed by atoms with Gasteiger partial charge in [0.1, 0.15) is 12.4 Å². The third kappa shape index (κ3) is 4.52. The number of carbonyl (C=O) groups excluding carboxylic acids is 1. The van der Waals surface area contributed by atoms with Gasteiger partial charge in [0.15, 0.2) is 0 Å². The van der Waals surface area contributed by atoms with Crippen LogP contribution in [-0.4, -0.2) is 33.7 Å². The molecule has 0 fully saturated rings. The molecule has 0 aromatic heterocycles. The molecule has 166 valence electrons. The maximum atomic E-state index is 14.0. The number of sulfonamides is 1. The molecule has 0 aliphatic carbocycles. The van der Waals surface area contributed by atoms with Crippen LogP contribution in [-0.2, 0) is 21.2 Å². The molecule has 0 saturated heterocycles. The summed E-state index contributed by atoms with van der Waals surface area (Å²) in [7, 11) is -4.10. The zero-order valence-electron chi connectivity index (χ0n) is 17.6. The van der Waals surface area contributed by atoms with Gasteiger partial charge in [0.05, 0.1) is 10.6 Å². The maximum absolute atomic E-state index is 14.0. The molecular weight excluding hydrogens is 447 g/mol. The largest absolute Gasteiger partial charge is 0.311 e. The molecule has 3 aromatic rings. The van der Waals surface area contributed by atoms with E-state index in [4.69, 9.17) is 0 Å². The van der Waals surface area contributed by atoms with Crippen LogP contribution in [0.25, 0.3) is 0 Å². The van der Waals surface area contributed by atoms with Gasteiger partial charge in [0, 0.05) is 17.1 Å². The molecule has 0 radical (unpaired) electrons. The van der Waals surface area contributed by atoms with Gasteiger partial charge >= 0.3 is 0 Å². The summed E-state index contributed by atoms with van der Waals surface area (Å²) in [5.41, 5.74) is 1.96. The van der Waals surface area contributed by atoms with Crippen molar-refractivity contribution in [3.05, 3.63) is 84.2 Å². The predicted octanol–water partition coefficient (Wildman–Crippen LogP) is 4.72. The lowest BCUT2D eigenvalue weighted by Gasteiger charge is -2.32. The Morgan fingerprint density at radius 2 is 1.81 bits per heavy atom. The Morgan fingerprint density at radius 3 is 2.53 bits per heavy atom. The fourth-order valence-electron chi connectivity index (χ4n) is 3.82. The maximum Gasteiger partial charge on any atom is 0.264 e. The molecule has 0 spiro atoms. The van der Waals surface area contributed by atoms with Gasteiger partial charge in [-0.15, -0.1) is 11.8 Å². The minimum atomic E-state index is -4.10. The summed E-state index contributed by atoms with van der Waals surface area (Å²) in [5.74, 6) is -0.929. The number of thioether (sulfide) groups is 1. The van der Waals surface area contributed by atoms with Crippen LogP contribution >= 0.6 is 11.8 Å². The highest BCUT2D eigenvalue weighted by atomic mass is 32.2. The molecule has 4 rings (SSSR count). The van der Waals surface area contributed by atoms with E-state index in [9.17, 15) is 17.6 Å². The topological polar surface area (TPSA) is 57.7 Å². The molecule has 1 aliphatic rings. The Hall–Kier alpha value is -2.84. The smallest absolute Gasteiger partial charge is 0.264 e. The number of rotatable bonds is 6. The molecule has 0 unspecified atom stereocenters. The molecule has 32 heavy (non-hydrogen) atoms. The summed E-state index contributed by atoms with van der Waals surface area (Å²) in [4.78, 5) is 15.9. The van der Waals surface area contributed by atoms with E-state index in [-0.39, 0.29) is 16.5 Å². The van der Waals surface area contributed by atoms with Crippen molar-refractivity contribution in [2.24, 2.45) is 0 Å². The molecule has 8 heteroatoms. The van der Waals surface area contributed by atoms with Crippen molar-refractivity contribution in [1.29, 1.82) is 0 Å². The van der Waals surface area contributed by atoms with Crippen molar-refractivity contribution in [2.45, 2.75) is 22.6 Å². The minimum Gasteiger partial charge on any atom is -0.311 e. The zero-order chi connectivity index (χ0) is 22.7. The van der Waals surface area contributed by atoms with Crippen LogP contribution in [0, 0.1) is 5.82 Å². The fourth-order valence-corrected chi connectivity index (χ4v) is 5.64. The van der Waals surface area contributed by atoms with Gasteiger partial charge in [0.2, 0.25) is 5.91 Å². The number of hydrogen-bond acceptors (Lipinski definition) is 4. The summed E-state index contributed by atoms with van der Waals surface area (Å²) in [6, 6.07) is 19.4. The second kappa shape index (κ2) is 9.34. The van der Waals surface area contributed by atoms with Crippen LogP contribution in [0.15, 0.2) is 82.6 Å². The lowest BCUT2D eigenvalue weighted by atomic mass is 10.0. The van der Waals surface area contributed by atoms with Crippen molar-refractivity contribution in [2.75, 3.05) is 28.6 Å². The summed E-state index contributed by atoms with van der Waals surface area (Å²) < 4.78 is 42.0. The standard InChI is InChI=1S/C24H23FN2O3S2/c1-31-21-11-13-22(14-12-21)32(29,30)27(20-9-4-8-19(25)16-20)17-24(28)26-15-5-7-18-6-2-3-10-23(18)26/h2-4,6,8-14,16H,5,7,15,17H2,1H3. The van der Waals surface area contributed by atoms with E-state index in [1.807, 2.05) is 30.5 Å². The highest BCUT2D eigenvalue weighted by Crippen LogP contribution is 2.29. The average molecular weight is 471 g/mol. The summed E-state index contributed by atoms with van der Waals surface area (Å²) in [6.07, 6.45) is 3.57. The Labute approximate surface area is 191 Å². The second-order valence-corrected chi connectivity index (χ2v) is 10.2. The van der Waals surface area contributed by atoms with E-state index in [1.165, 1.54) is 42.1 Å². The molecule has 1 heterocycles. The number of fused-ring (bicyclic) bond motifs is 1. The number of carbonyl (C=O) groups is 1. The molecule has 1 aliphatic heterocycles. The Bertz CT molecular complexity index is 1230. The van der Waals surface area contributed by atoms with E-state index in [0.29, 0.717) is 6.54 Å². The number of hydrogen-bond donors (Lipinski definition) is 0. The third-order valence-electron chi connectivity index (χ3n) is 5.43. The van der Waals surface area contributed by atoms with Gasteiger partial charge in [0.25, 0.3) is 10.0 Å². The second-order valence-electron chi connectivity index (χ2n) is 7.44. The molecule has 0 saturated carbocycles. The summed E-state index contributed by atoms with van der Waals surface area (Å²) >= 11 is 1.50. The minimum absolute atomic E-state index is 0.0476. The first-order valence-corrected chi connectivity index (χ1v) is 12.9. The van der Waals surface area contributed by atoms with Gasteiger partial charge in [-0.05, 0) is 73.2 Å². The van der Waals surface area contributed by atoms with E-state index in [2.05, 4.69) is 0 Å². The summed E-state index contributed by atoms with van der Waals surface area (Å²) in [6.45, 7) is 0.0830. The SMILES string of the molecule is CSc1ccc(S(=O)(=O)N(CC(=O)N2CCCc3ccccc32)c2cccc(F)c2)cc1. The normalized spacial score (nSPS) is 13.5. The lowest BCUT2D eigenvalue weighted by Crippen LogP contribution is -2.45. The summed E-state index contributed by atoms with van der Waals surface area (Å²) in [5, 5.41) is 0. The van der Waals surface area contributed by atoms with E-state index >= 15 is 0 Å². The Balaban J connectivity index is 1.71. The molecule has 0 atom stereocenters. The molecule has 0 N–H and O–H groups in total.